The van der Waals surface area contributed by atoms with Gasteiger partial charge in [0.25, 0.3) is 5.91 Å². The van der Waals surface area contributed by atoms with Gasteiger partial charge in [-0.3, -0.25) is 4.79 Å². The van der Waals surface area contributed by atoms with Gasteiger partial charge in [-0.05, 0) is 61.5 Å². The van der Waals surface area contributed by atoms with Crippen molar-refractivity contribution in [3.8, 4) is 22.7 Å². The molecule has 5 rings (SSSR count). The summed E-state index contributed by atoms with van der Waals surface area (Å²) in [6.07, 6.45) is 3.90. The van der Waals surface area contributed by atoms with Crippen LogP contribution >= 0.6 is 0 Å². The van der Waals surface area contributed by atoms with Gasteiger partial charge < -0.3 is 4.74 Å². The Labute approximate surface area is 192 Å². The van der Waals surface area contributed by atoms with Crippen molar-refractivity contribution in [2.75, 3.05) is 12.1 Å². The van der Waals surface area contributed by atoms with Crippen LogP contribution in [0.1, 0.15) is 12.5 Å². The van der Waals surface area contributed by atoms with Crippen molar-refractivity contribution in [3.63, 3.8) is 0 Å². The van der Waals surface area contributed by atoms with Crippen LogP contribution in [0, 0.1) is 0 Å². The molecule has 1 fully saturated rings. The molecular formula is C27H24N4O2. The number of ether oxygens (including phenoxy) is 1. The zero-order valence-electron chi connectivity index (χ0n) is 18.5. The molecule has 0 spiro atoms. The molecule has 6 heteroatoms. The Hall–Kier alpha value is -4.16. The highest BCUT2D eigenvalue weighted by Gasteiger charge is 2.33. The Morgan fingerprint density at radius 2 is 1.55 bits per heavy atom. The van der Waals surface area contributed by atoms with E-state index in [2.05, 4.69) is 5.43 Å². The molecule has 1 atom stereocenters. The molecule has 0 radical (unpaired) electrons. The lowest BCUT2D eigenvalue weighted by Gasteiger charge is -2.15. The van der Waals surface area contributed by atoms with Crippen LogP contribution in [0.25, 0.3) is 23.0 Å². The zero-order valence-corrected chi connectivity index (χ0v) is 18.5. The van der Waals surface area contributed by atoms with Gasteiger partial charge in [-0.15, -0.1) is 0 Å². The summed E-state index contributed by atoms with van der Waals surface area (Å²) in [5, 5.41) is 6.46. The Morgan fingerprint density at radius 1 is 0.909 bits per heavy atom. The molecule has 4 aromatic rings. The smallest absolute Gasteiger partial charge is 0.270 e. The molecule has 0 saturated carbocycles. The minimum Gasteiger partial charge on any atom is -0.497 e. The van der Waals surface area contributed by atoms with E-state index in [1.54, 1.807) is 12.1 Å². The van der Waals surface area contributed by atoms with Gasteiger partial charge in [0.1, 0.15) is 5.75 Å². The van der Waals surface area contributed by atoms with Crippen molar-refractivity contribution in [3.05, 3.63) is 102 Å². The van der Waals surface area contributed by atoms with Gasteiger partial charge >= 0.3 is 0 Å². The van der Waals surface area contributed by atoms with E-state index in [0.29, 0.717) is 5.57 Å². The van der Waals surface area contributed by atoms with E-state index in [1.807, 2.05) is 109 Å². The number of nitrogens with zero attached hydrogens (tertiary/aromatic N) is 3. The number of aromatic nitrogens is 2. The summed E-state index contributed by atoms with van der Waals surface area (Å²) in [7, 11) is 1.65. The highest BCUT2D eigenvalue weighted by atomic mass is 16.5. The van der Waals surface area contributed by atoms with E-state index in [1.165, 1.54) is 0 Å². The third kappa shape index (κ3) is 4.04. The molecule has 0 unspecified atom stereocenters. The van der Waals surface area contributed by atoms with Gasteiger partial charge in [0.15, 0.2) is 0 Å². The van der Waals surface area contributed by atoms with Gasteiger partial charge in [-0.25, -0.2) is 15.1 Å². The second-order valence-corrected chi connectivity index (χ2v) is 7.87. The second-order valence-electron chi connectivity index (χ2n) is 7.87. The average molecular weight is 437 g/mol. The van der Waals surface area contributed by atoms with Gasteiger partial charge in [0.2, 0.25) is 0 Å². The van der Waals surface area contributed by atoms with E-state index >= 15 is 0 Å². The topological polar surface area (TPSA) is 59.4 Å². The predicted molar refractivity (Wildman–Crippen MR) is 130 cm³/mol. The minimum atomic E-state index is -0.138. The molecule has 1 amide bonds. The highest BCUT2D eigenvalue weighted by Crippen LogP contribution is 2.30. The third-order valence-corrected chi connectivity index (χ3v) is 5.69. The number of nitrogens with one attached hydrogen (secondary N) is 1. The molecule has 33 heavy (non-hydrogen) atoms. The fraction of sp³-hybridized carbons (Fsp3) is 0.111. The molecule has 1 aliphatic rings. The first-order valence-corrected chi connectivity index (χ1v) is 10.8. The molecule has 1 N–H and O–H groups in total. The van der Waals surface area contributed by atoms with Crippen molar-refractivity contribution in [2.45, 2.75) is 13.0 Å². The Morgan fingerprint density at radius 3 is 2.18 bits per heavy atom. The van der Waals surface area contributed by atoms with E-state index < -0.39 is 0 Å². The number of carbonyl (C=O) groups excluding carboxylic acids is 1. The van der Waals surface area contributed by atoms with Gasteiger partial charge in [0, 0.05) is 22.9 Å². The molecular weight excluding hydrogens is 412 g/mol. The average Bonchev–Trinajstić information content (AvgIpc) is 3.42. The standard InChI is InChI=1S/C27H24N4O2/c1-19-25(27(32)31(28-19)23-11-7-4-8-12-23)17-21-18-30(22-9-5-3-6-10-22)29-26(21)20-13-15-24(33-2)16-14-20/h3-19,28H,1-2H3/b25-17-/t19-/m1/s1. The largest absolute Gasteiger partial charge is 0.497 e. The molecule has 3 aromatic carbocycles. The van der Waals surface area contributed by atoms with Crippen molar-refractivity contribution in [1.82, 2.24) is 15.2 Å². The van der Waals surface area contributed by atoms with Crippen LogP contribution in [0.4, 0.5) is 5.69 Å². The first-order valence-electron chi connectivity index (χ1n) is 10.8. The molecule has 1 aliphatic heterocycles. The van der Waals surface area contributed by atoms with Crippen LogP contribution in [0.2, 0.25) is 0 Å². The summed E-state index contributed by atoms with van der Waals surface area (Å²) in [6.45, 7) is 1.99. The molecule has 0 aliphatic carbocycles. The van der Waals surface area contributed by atoms with E-state index in [0.717, 1.165) is 33.9 Å². The molecule has 2 heterocycles. The lowest BCUT2D eigenvalue weighted by atomic mass is 10.0. The Kier molecular flexibility index (Phi) is 5.50. The normalized spacial score (nSPS) is 17.0. The van der Waals surface area contributed by atoms with Crippen LogP contribution in [0.3, 0.4) is 0 Å². The maximum Gasteiger partial charge on any atom is 0.270 e. The highest BCUT2D eigenvalue weighted by molar-refractivity contribution is 6.11. The Balaban J connectivity index is 1.58. The number of benzene rings is 3. The lowest BCUT2D eigenvalue weighted by molar-refractivity contribution is -0.114. The SMILES string of the molecule is COc1ccc(-c2nn(-c3ccccc3)cc2/C=C2\C(=O)N(c3ccccc3)N[C@@H]2C)cc1. The number of anilines is 1. The lowest BCUT2D eigenvalue weighted by Crippen LogP contribution is -2.36. The second kappa shape index (κ2) is 8.76. The molecule has 164 valence electrons. The summed E-state index contributed by atoms with van der Waals surface area (Å²) >= 11 is 0. The number of para-hydroxylation sites is 2. The number of carbonyl (C=O) groups is 1. The number of hydrogen-bond acceptors (Lipinski definition) is 4. The first kappa shape index (κ1) is 20.7. The zero-order chi connectivity index (χ0) is 22.8. The first-order chi connectivity index (χ1) is 16.1. The van der Waals surface area contributed by atoms with Crippen LogP contribution in [-0.2, 0) is 4.79 Å². The number of hydrazine groups is 1. The van der Waals surface area contributed by atoms with E-state index in [9.17, 15) is 4.79 Å². The van der Waals surface area contributed by atoms with Crippen LogP contribution in [-0.4, -0.2) is 28.8 Å². The quantitative estimate of drug-likeness (QED) is 0.454. The van der Waals surface area contributed by atoms with Crippen molar-refractivity contribution in [1.29, 1.82) is 0 Å². The number of methoxy groups -OCH3 is 1. The van der Waals surface area contributed by atoms with Crippen LogP contribution < -0.4 is 15.2 Å². The summed E-state index contributed by atoms with van der Waals surface area (Å²) in [5.74, 6) is 0.713. The maximum atomic E-state index is 13.3. The van der Waals surface area contributed by atoms with Crippen LogP contribution in [0.5, 0.6) is 5.75 Å². The summed E-state index contributed by atoms with van der Waals surface area (Å²) in [5.41, 5.74) is 8.34. The fourth-order valence-electron chi connectivity index (χ4n) is 3.94. The summed E-state index contributed by atoms with van der Waals surface area (Å²) < 4.78 is 7.15. The van der Waals surface area contributed by atoms with E-state index in [4.69, 9.17) is 9.84 Å². The molecule has 1 saturated heterocycles. The predicted octanol–water partition coefficient (Wildman–Crippen LogP) is 4.87. The molecule has 1 aromatic heterocycles. The van der Waals surface area contributed by atoms with Gasteiger partial charge in [0.05, 0.1) is 30.2 Å². The van der Waals surface area contributed by atoms with Crippen molar-refractivity contribution < 1.29 is 9.53 Å². The maximum absolute atomic E-state index is 13.3. The van der Waals surface area contributed by atoms with Crippen molar-refractivity contribution in [2.24, 2.45) is 0 Å². The number of amides is 1. The molecule has 0 bridgehead atoms. The molecule has 6 nitrogen and oxygen atoms in total. The van der Waals surface area contributed by atoms with Crippen LogP contribution in [0.15, 0.2) is 96.7 Å². The van der Waals surface area contributed by atoms with Gasteiger partial charge in [-0.1, -0.05) is 36.4 Å². The van der Waals surface area contributed by atoms with Crippen molar-refractivity contribution >= 4 is 17.7 Å². The fourth-order valence-corrected chi connectivity index (χ4v) is 3.94. The van der Waals surface area contributed by atoms with E-state index in [-0.39, 0.29) is 11.9 Å². The Bertz CT molecular complexity index is 1300. The monoisotopic (exact) mass is 436 g/mol. The summed E-state index contributed by atoms with van der Waals surface area (Å²) in [6, 6.07) is 27.2. The summed E-state index contributed by atoms with van der Waals surface area (Å²) in [4.78, 5) is 13.3. The number of hydrogen-bond donors (Lipinski definition) is 1. The number of rotatable bonds is 5. The minimum absolute atomic E-state index is 0.0677. The third-order valence-electron chi connectivity index (χ3n) is 5.69. The van der Waals surface area contributed by atoms with Gasteiger partial charge in [-0.2, -0.15) is 5.10 Å².